The third kappa shape index (κ3) is 3.09. The zero-order valence-electron chi connectivity index (χ0n) is 14.7. The number of fused-ring (bicyclic) bond motifs is 1. The molecule has 1 aromatic carbocycles. The van der Waals surface area contributed by atoms with Gasteiger partial charge in [-0.15, -0.1) is 0 Å². The largest absolute Gasteiger partial charge is 0.346 e. The van der Waals surface area contributed by atoms with E-state index < -0.39 is 0 Å². The number of amides is 1. The molecule has 26 heavy (non-hydrogen) atoms. The number of carbonyl (C=O) groups is 1. The Labute approximate surface area is 150 Å². The average Bonchev–Trinajstić information content (AvgIpc) is 3.21. The Kier molecular flexibility index (Phi) is 4.01. The fraction of sp³-hybridized carbons (Fsp3) is 0.150. The summed E-state index contributed by atoms with van der Waals surface area (Å²) in [5.74, 6) is 0.446. The molecule has 4 rings (SSSR count). The molecule has 0 spiro atoms. The number of aryl methyl sites for hydroxylation is 2. The van der Waals surface area contributed by atoms with E-state index >= 15 is 0 Å². The highest BCUT2D eigenvalue weighted by Gasteiger charge is 2.12. The second-order valence-corrected chi connectivity index (χ2v) is 6.35. The maximum absolute atomic E-state index is 12.3. The third-order valence-corrected chi connectivity index (χ3v) is 4.40. The topological polar surface area (TPSA) is 75.6 Å². The van der Waals surface area contributed by atoms with Crippen molar-refractivity contribution in [3.63, 3.8) is 0 Å². The Balaban J connectivity index is 1.62. The highest BCUT2D eigenvalue weighted by atomic mass is 16.1. The molecule has 6 nitrogen and oxygen atoms in total. The quantitative estimate of drug-likeness (QED) is 0.595. The Hall–Kier alpha value is -3.41. The van der Waals surface area contributed by atoms with Crippen LogP contribution in [0.5, 0.6) is 0 Å². The third-order valence-electron chi connectivity index (χ3n) is 4.40. The van der Waals surface area contributed by atoms with Gasteiger partial charge in [0.2, 0.25) is 5.91 Å². The van der Waals surface area contributed by atoms with Crippen molar-refractivity contribution in [1.29, 1.82) is 0 Å². The minimum absolute atomic E-state index is 0.106. The zero-order valence-corrected chi connectivity index (χ0v) is 14.7. The fourth-order valence-electron chi connectivity index (χ4n) is 3.09. The first-order valence-corrected chi connectivity index (χ1v) is 8.41. The van der Waals surface area contributed by atoms with Crippen molar-refractivity contribution in [3.8, 4) is 11.1 Å². The zero-order chi connectivity index (χ0) is 18.1. The molecule has 0 unspecified atom stereocenters. The monoisotopic (exact) mass is 345 g/mol. The van der Waals surface area contributed by atoms with E-state index in [9.17, 15) is 4.79 Å². The molecular formula is C20H19N5O. The average molecular weight is 345 g/mol. The lowest BCUT2D eigenvalue weighted by Crippen LogP contribution is -2.14. The van der Waals surface area contributed by atoms with Gasteiger partial charge in [-0.2, -0.15) is 5.10 Å². The van der Waals surface area contributed by atoms with Crippen molar-refractivity contribution in [2.45, 2.75) is 13.3 Å². The van der Waals surface area contributed by atoms with Gasteiger partial charge in [0.05, 0.1) is 6.42 Å². The summed E-state index contributed by atoms with van der Waals surface area (Å²) in [6.07, 6.45) is 5.76. The summed E-state index contributed by atoms with van der Waals surface area (Å²) in [6, 6.07) is 12.1. The van der Waals surface area contributed by atoms with Gasteiger partial charge >= 0.3 is 0 Å². The van der Waals surface area contributed by atoms with Crippen LogP contribution in [0.1, 0.15) is 11.1 Å². The minimum Gasteiger partial charge on any atom is -0.346 e. The maximum atomic E-state index is 12.3. The molecule has 4 aromatic rings. The number of pyridine rings is 1. The number of benzene rings is 1. The molecule has 0 saturated carbocycles. The van der Waals surface area contributed by atoms with Crippen molar-refractivity contribution in [2.75, 3.05) is 5.32 Å². The molecule has 0 aliphatic carbocycles. The Morgan fingerprint density at radius 2 is 2.12 bits per heavy atom. The molecule has 0 aliphatic heterocycles. The van der Waals surface area contributed by atoms with Crippen molar-refractivity contribution in [2.24, 2.45) is 7.05 Å². The van der Waals surface area contributed by atoms with Gasteiger partial charge in [-0.1, -0.05) is 24.3 Å². The van der Waals surface area contributed by atoms with Gasteiger partial charge in [-0.05, 0) is 29.7 Å². The molecule has 3 heterocycles. The van der Waals surface area contributed by atoms with Crippen LogP contribution in [0, 0.1) is 6.92 Å². The Morgan fingerprint density at radius 1 is 1.27 bits per heavy atom. The van der Waals surface area contributed by atoms with Crippen LogP contribution in [0.2, 0.25) is 0 Å². The van der Waals surface area contributed by atoms with Crippen molar-refractivity contribution < 1.29 is 4.79 Å². The summed E-state index contributed by atoms with van der Waals surface area (Å²) in [5, 5.41) is 7.95. The summed E-state index contributed by atoms with van der Waals surface area (Å²) >= 11 is 0. The fourth-order valence-corrected chi connectivity index (χ4v) is 3.09. The molecule has 0 fully saturated rings. The van der Waals surface area contributed by atoms with Crippen LogP contribution in [-0.2, 0) is 18.3 Å². The van der Waals surface area contributed by atoms with E-state index in [4.69, 9.17) is 0 Å². The van der Waals surface area contributed by atoms with Crippen LogP contribution < -0.4 is 5.32 Å². The molecule has 0 radical (unpaired) electrons. The maximum Gasteiger partial charge on any atom is 0.230 e. The van der Waals surface area contributed by atoms with Gasteiger partial charge < -0.3 is 10.3 Å². The smallest absolute Gasteiger partial charge is 0.230 e. The number of aromatic nitrogens is 4. The molecule has 3 aromatic heterocycles. The standard InChI is InChI=1S/C20H19N5O/c1-13-5-3-4-6-16(13)14-9-17-15(12-22-20(17)21-11-14)10-19(26)23-18-7-8-25(2)24-18/h3-9,11-12H,10H2,1-2H3,(H,21,22)(H,23,24,26). The summed E-state index contributed by atoms with van der Waals surface area (Å²) in [6.45, 7) is 2.08. The van der Waals surface area contributed by atoms with E-state index in [2.05, 4.69) is 45.5 Å². The number of nitrogens with zero attached hydrogens (tertiary/aromatic N) is 3. The second-order valence-electron chi connectivity index (χ2n) is 6.35. The number of carbonyl (C=O) groups excluding carboxylic acids is 1. The number of nitrogens with one attached hydrogen (secondary N) is 2. The summed E-state index contributed by atoms with van der Waals surface area (Å²) in [5.41, 5.74) is 5.08. The minimum atomic E-state index is -0.106. The van der Waals surface area contributed by atoms with Crippen LogP contribution >= 0.6 is 0 Å². The number of hydrogen-bond donors (Lipinski definition) is 2. The molecule has 0 atom stereocenters. The molecule has 0 bridgehead atoms. The van der Waals surface area contributed by atoms with Gasteiger partial charge in [0.1, 0.15) is 5.65 Å². The van der Waals surface area contributed by atoms with Crippen molar-refractivity contribution >= 4 is 22.8 Å². The van der Waals surface area contributed by atoms with Crippen molar-refractivity contribution in [1.82, 2.24) is 19.7 Å². The first-order valence-electron chi connectivity index (χ1n) is 8.41. The van der Waals surface area contributed by atoms with Gasteiger partial charge in [-0.3, -0.25) is 9.48 Å². The number of aromatic amines is 1. The molecule has 0 aliphatic rings. The molecule has 6 heteroatoms. The van der Waals surface area contributed by atoms with E-state index in [1.54, 1.807) is 16.9 Å². The predicted octanol–water partition coefficient (Wildman–Crippen LogP) is 3.45. The summed E-state index contributed by atoms with van der Waals surface area (Å²) < 4.78 is 1.65. The Bertz CT molecular complexity index is 1090. The highest BCUT2D eigenvalue weighted by molar-refractivity contribution is 5.95. The van der Waals surface area contributed by atoms with E-state index in [0.717, 1.165) is 27.7 Å². The van der Waals surface area contributed by atoms with Gasteiger partial charge in [0, 0.05) is 42.7 Å². The summed E-state index contributed by atoms with van der Waals surface area (Å²) in [7, 11) is 1.81. The molecule has 2 N–H and O–H groups in total. The predicted molar refractivity (Wildman–Crippen MR) is 102 cm³/mol. The lowest BCUT2D eigenvalue weighted by molar-refractivity contribution is -0.115. The highest BCUT2D eigenvalue weighted by Crippen LogP contribution is 2.27. The normalized spacial score (nSPS) is 11.0. The SMILES string of the molecule is Cc1ccccc1-c1cnc2[nH]cc(CC(=O)Nc3ccn(C)n3)c2c1. The second kappa shape index (κ2) is 6.48. The van der Waals surface area contributed by atoms with Crippen LogP contribution in [0.25, 0.3) is 22.2 Å². The first kappa shape index (κ1) is 16.1. The number of anilines is 1. The molecular weight excluding hydrogens is 326 g/mol. The van der Waals surface area contributed by atoms with Crippen LogP contribution in [-0.4, -0.2) is 25.7 Å². The van der Waals surface area contributed by atoms with Crippen LogP contribution in [0.4, 0.5) is 5.82 Å². The van der Waals surface area contributed by atoms with Crippen LogP contribution in [0.15, 0.2) is 55.0 Å². The number of hydrogen-bond acceptors (Lipinski definition) is 3. The summed E-state index contributed by atoms with van der Waals surface area (Å²) in [4.78, 5) is 20.0. The number of rotatable bonds is 4. The van der Waals surface area contributed by atoms with Gasteiger partial charge in [-0.25, -0.2) is 4.98 Å². The van der Waals surface area contributed by atoms with E-state index in [0.29, 0.717) is 5.82 Å². The lowest BCUT2D eigenvalue weighted by Gasteiger charge is -2.06. The molecule has 1 amide bonds. The van der Waals surface area contributed by atoms with E-state index in [1.165, 1.54) is 5.56 Å². The Morgan fingerprint density at radius 3 is 2.88 bits per heavy atom. The first-order chi connectivity index (χ1) is 12.6. The van der Waals surface area contributed by atoms with Gasteiger partial charge in [0.15, 0.2) is 5.82 Å². The van der Waals surface area contributed by atoms with E-state index in [-0.39, 0.29) is 12.3 Å². The van der Waals surface area contributed by atoms with Crippen LogP contribution in [0.3, 0.4) is 0 Å². The molecule has 130 valence electrons. The van der Waals surface area contributed by atoms with E-state index in [1.807, 2.05) is 31.6 Å². The van der Waals surface area contributed by atoms with Crippen molar-refractivity contribution in [3.05, 3.63) is 66.1 Å². The van der Waals surface area contributed by atoms with Gasteiger partial charge in [0.25, 0.3) is 0 Å². The molecule has 0 saturated heterocycles. The lowest BCUT2D eigenvalue weighted by atomic mass is 10.0. The number of H-pyrrole nitrogens is 1.